The molecule has 0 unspecified atom stereocenters. The minimum absolute atomic E-state index is 0.134. The molecule has 3 rings (SSSR count). The number of fused-ring (bicyclic) bond motifs is 1. The summed E-state index contributed by atoms with van der Waals surface area (Å²) in [6.45, 7) is 5.31. The van der Waals surface area contributed by atoms with Crippen LogP contribution >= 0.6 is 0 Å². The van der Waals surface area contributed by atoms with E-state index in [2.05, 4.69) is 0 Å². The van der Waals surface area contributed by atoms with Crippen molar-refractivity contribution in [2.24, 2.45) is 0 Å². The second kappa shape index (κ2) is 4.91. The molecule has 1 saturated heterocycles. The smallest absolute Gasteiger partial charge is 0.412 e. The van der Waals surface area contributed by atoms with E-state index in [1.165, 1.54) is 4.90 Å². The Kier molecular flexibility index (Phi) is 3.40. The van der Waals surface area contributed by atoms with Crippen molar-refractivity contribution in [3.63, 3.8) is 0 Å². The standard InChI is InChI=1S/C16H19NO4S/c1-15(2,3)21-14(19)17-12-9-10-13(18)16(12,17)22(20)11-7-5-4-6-8-11/h4-8,12H,9-10H2,1-3H3/t12-,16+,17?,22-/m1/s1. The average molecular weight is 321 g/mol. The Morgan fingerprint density at radius 1 is 1.32 bits per heavy atom. The summed E-state index contributed by atoms with van der Waals surface area (Å²) in [6.07, 6.45) is 0.356. The lowest BCUT2D eigenvalue weighted by Crippen LogP contribution is -2.38. The highest BCUT2D eigenvalue weighted by Crippen LogP contribution is 2.55. The maximum Gasteiger partial charge on any atom is 0.412 e. The van der Waals surface area contributed by atoms with Gasteiger partial charge < -0.3 is 4.74 Å². The first-order valence-corrected chi connectivity index (χ1v) is 8.46. The highest BCUT2D eigenvalue weighted by atomic mass is 32.2. The van der Waals surface area contributed by atoms with Gasteiger partial charge in [-0.1, -0.05) is 18.2 Å². The quantitative estimate of drug-likeness (QED) is 0.785. The molecule has 0 bridgehead atoms. The average Bonchev–Trinajstić information content (AvgIpc) is 3.02. The van der Waals surface area contributed by atoms with Crippen molar-refractivity contribution in [3.05, 3.63) is 30.3 Å². The number of amides is 1. The highest BCUT2D eigenvalue weighted by Gasteiger charge is 2.77. The van der Waals surface area contributed by atoms with Crippen molar-refractivity contribution in [2.45, 2.75) is 55.0 Å². The lowest BCUT2D eigenvalue weighted by molar-refractivity contribution is -0.119. The summed E-state index contributed by atoms with van der Waals surface area (Å²) < 4.78 is 18.3. The van der Waals surface area contributed by atoms with Crippen LogP contribution in [0.5, 0.6) is 0 Å². The maximum atomic E-state index is 12.9. The van der Waals surface area contributed by atoms with Gasteiger partial charge in [-0.3, -0.25) is 13.9 Å². The first-order chi connectivity index (χ1) is 10.3. The molecule has 2 fully saturated rings. The van der Waals surface area contributed by atoms with Gasteiger partial charge in [-0.05, 0) is 39.3 Å². The summed E-state index contributed by atoms with van der Waals surface area (Å²) in [6, 6.07) is 8.51. The van der Waals surface area contributed by atoms with Crippen LogP contribution < -0.4 is 0 Å². The van der Waals surface area contributed by atoms with Gasteiger partial charge in [-0.2, -0.15) is 0 Å². The molecular weight excluding hydrogens is 302 g/mol. The number of nitrogens with zero attached hydrogens (tertiary/aromatic N) is 1. The molecule has 1 aliphatic carbocycles. The van der Waals surface area contributed by atoms with E-state index in [-0.39, 0.29) is 11.8 Å². The summed E-state index contributed by atoms with van der Waals surface area (Å²) in [5.41, 5.74) is -0.646. The van der Waals surface area contributed by atoms with Gasteiger partial charge in [0.05, 0.1) is 16.8 Å². The molecule has 1 saturated carbocycles. The van der Waals surface area contributed by atoms with Gasteiger partial charge in [0.2, 0.25) is 4.87 Å². The molecule has 0 spiro atoms. The summed E-state index contributed by atoms with van der Waals surface area (Å²) in [5, 5.41) is 0. The second-order valence-electron chi connectivity index (χ2n) is 6.61. The van der Waals surface area contributed by atoms with Gasteiger partial charge in [-0.25, -0.2) is 4.79 Å². The molecule has 3 atom stereocenters. The van der Waals surface area contributed by atoms with E-state index in [1.54, 1.807) is 45.0 Å². The largest absolute Gasteiger partial charge is 0.444 e. The Morgan fingerprint density at radius 2 is 1.95 bits per heavy atom. The number of Topliss-reactive ketones (excluding diaryl/α,β-unsaturated/α-hetero) is 1. The first-order valence-electron chi connectivity index (χ1n) is 7.31. The molecule has 1 amide bonds. The minimum Gasteiger partial charge on any atom is -0.444 e. The predicted octanol–water partition coefficient (Wildman–Crippen LogP) is 2.47. The fourth-order valence-corrected chi connectivity index (χ4v) is 4.90. The summed E-state index contributed by atoms with van der Waals surface area (Å²) >= 11 is 0. The number of rotatable bonds is 2. The van der Waals surface area contributed by atoms with Gasteiger partial charge >= 0.3 is 6.09 Å². The second-order valence-corrected chi connectivity index (χ2v) is 8.24. The Morgan fingerprint density at radius 3 is 2.55 bits per heavy atom. The van der Waals surface area contributed by atoms with E-state index < -0.39 is 27.4 Å². The number of carbonyl (C=O) groups is 2. The molecular formula is C16H19NO4S. The van der Waals surface area contributed by atoms with Crippen molar-refractivity contribution in [1.29, 1.82) is 0 Å². The van der Waals surface area contributed by atoms with E-state index in [4.69, 9.17) is 4.74 Å². The summed E-state index contributed by atoms with van der Waals surface area (Å²) in [4.78, 5) is 25.4. The zero-order valence-corrected chi connectivity index (χ0v) is 13.7. The fourth-order valence-electron chi connectivity index (χ4n) is 3.03. The van der Waals surface area contributed by atoms with Gasteiger partial charge in [-0.15, -0.1) is 0 Å². The van der Waals surface area contributed by atoms with Crippen LogP contribution in [-0.2, 0) is 20.3 Å². The topological polar surface area (TPSA) is 63.5 Å². The number of ketones is 1. The summed E-state index contributed by atoms with van der Waals surface area (Å²) in [7, 11) is -1.58. The minimum atomic E-state index is -1.58. The molecule has 6 heteroatoms. The normalized spacial score (nSPS) is 28.2. The van der Waals surface area contributed by atoms with Crippen molar-refractivity contribution in [2.75, 3.05) is 0 Å². The van der Waals surface area contributed by atoms with E-state index >= 15 is 0 Å². The highest BCUT2D eigenvalue weighted by molar-refractivity contribution is 7.87. The predicted molar refractivity (Wildman–Crippen MR) is 81.7 cm³/mol. The monoisotopic (exact) mass is 321 g/mol. The molecule has 5 nitrogen and oxygen atoms in total. The zero-order valence-electron chi connectivity index (χ0n) is 12.9. The number of benzene rings is 1. The van der Waals surface area contributed by atoms with Crippen LogP contribution in [0.15, 0.2) is 35.2 Å². The van der Waals surface area contributed by atoms with Crippen LogP contribution in [0.2, 0.25) is 0 Å². The van der Waals surface area contributed by atoms with Gasteiger partial charge in [0.15, 0.2) is 5.78 Å². The number of carbonyl (C=O) groups excluding carboxylic acids is 2. The molecule has 118 valence electrons. The molecule has 1 aromatic carbocycles. The molecule has 0 radical (unpaired) electrons. The molecule has 1 aromatic rings. The van der Waals surface area contributed by atoms with Gasteiger partial charge in [0.25, 0.3) is 0 Å². The zero-order chi connectivity index (χ0) is 16.1. The fraction of sp³-hybridized carbons (Fsp3) is 0.500. The van der Waals surface area contributed by atoms with Crippen molar-refractivity contribution in [3.8, 4) is 0 Å². The molecule has 1 heterocycles. The van der Waals surface area contributed by atoms with Crippen molar-refractivity contribution in [1.82, 2.24) is 4.90 Å². The number of hydrogen-bond donors (Lipinski definition) is 0. The molecule has 22 heavy (non-hydrogen) atoms. The Hall–Kier alpha value is -1.69. The van der Waals surface area contributed by atoms with Gasteiger partial charge in [0.1, 0.15) is 5.60 Å². The van der Waals surface area contributed by atoms with E-state index in [0.717, 1.165) is 0 Å². The number of ether oxygens (including phenoxy) is 1. The molecule has 2 aliphatic rings. The van der Waals surface area contributed by atoms with E-state index in [1.807, 2.05) is 6.07 Å². The Labute approximate surface area is 132 Å². The number of piperidine rings is 1. The van der Waals surface area contributed by atoms with Crippen LogP contribution in [0.3, 0.4) is 0 Å². The Balaban J connectivity index is 1.91. The third-order valence-electron chi connectivity index (χ3n) is 3.93. The van der Waals surface area contributed by atoms with Crippen LogP contribution in [0, 0.1) is 0 Å². The van der Waals surface area contributed by atoms with E-state index in [9.17, 15) is 13.8 Å². The SMILES string of the molecule is CC(C)(C)OC(=O)N1[C@@H]2CCC(=O)[C@@]21[S@](=O)c1ccccc1. The maximum absolute atomic E-state index is 12.9. The van der Waals surface area contributed by atoms with Crippen molar-refractivity contribution < 1.29 is 18.5 Å². The van der Waals surface area contributed by atoms with Crippen LogP contribution in [0.25, 0.3) is 0 Å². The summed E-state index contributed by atoms with van der Waals surface area (Å²) in [5.74, 6) is -0.134. The third kappa shape index (κ3) is 2.17. The first kappa shape index (κ1) is 15.2. The van der Waals surface area contributed by atoms with Crippen LogP contribution in [0.1, 0.15) is 33.6 Å². The van der Waals surface area contributed by atoms with Crippen LogP contribution in [0.4, 0.5) is 4.79 Å². The Bertz CT molecular complexity index is 652. The molecule has 0 N–H and O–H groups in total. The third-order valence-corrected chi connectivity index (χ3v) is 5.89. The molecule has 1 aliphatic heterocycles. The van der Waals surface area contributed by atoms with Crippen molar-refractivity contribution >= 4 is 22.7 Å². The molecule has 0 aromatic heterocycles. The van der Waals surface area contributed by atoms with Crippen LogP contribution in [-0.4, -0.2) is 37.5 Å². The number of likely N-dealkylation sites (tertiary alicyclic amines) is 1. The van der Waals surface area contributed by atoms with E-state index in [0.29, 0.717) is 17.7 Å². The van der Waals surface area contributed by atoms with Gasteiger partial charge in [0, 0.05) is 11.3 Å². The lowest BCUT2D eigenvalue weighted by atomic mass is 10.2. The number of hydrogen-bond acceptors (Lipinski definition) is 4. The lowest BCUT2D eigenvalue weighted by Gasteiger charge is -2.22.